The van der Waals surface area contributed by atoms with Gasteiger partial charge in [-0.25, -0.2) is 23.2 Å². The van der Waals surface area contributed by atoms with E-state index in [1.807, 2.05) is 30.3 Å². The fraction of sp³-hybridized carbons (Fsp3) is 0.460. The number of alkyl carbamates (subject to hydrolysis) is 1. The van der Waals surface area contributed by atoms with Crippen LogP contribution in [0.4, 0.5) is 16.4 Å². The molecular weight excluding hydrogens is 1140 g/mol. The highest BCUT2D eigenvalue weighted by Gasteiger charge is 2.50. The van der Waals surface area contributed by atoms with Crippen molar-refractivity contribution in [2.75, 3.05) is 44.3 Å². The molecule has 3 amide bonds. The van der Waals surface area contributed by atoms with E-state index in [0.29, 0.717) is 17.1 Å². The molecule has 0 aliphatic carbocycles. The number of H-pyrrole nitrogens is 1. The Hall–Kier alpha value is -5.96. The molecule has 31 heteroatoms. The number of nitrogen functional groups attached to an aromatic ring is 1. The minimum atomic E-state index is -5.70. The summed E-state index contributed by atoms with van der Waals surface area (Å²) in [6, 6.07) is 16.0. The van der Waals surface area contributed by atoms with Crippen molar-refractivity contribution in [2.24, 2.45) is 4.99 Å². The van der Waals surface area contributed by atoms with Crippen LogP contribution in [0.25, 0.3) is 16.7 Å². The second-order valence-corrected chi connectivity index (χ2v) is 27.6. The van der Waals surface area contributed by atoms with E-state index in [2.05, 4.69) is 111 Å². The highest BCUT2D eigenvalue weighted by Crippen LogP contribution is 2.66. The number of anilines is 2. The van der Waals surface area contributed by atoms with Crippen LogP contribution in [0, 0.1) is 0 Å². The number of aromatic amines is 1. The number of carbonyl (C=O) groups is 3. The molecule has 0 spiro atoms. The van der Waals surface area contributed by atoms with Gasteiger partial charge in [-0.3, -0.25) is 33.5 Å². The normalized spacial score (nSPS) is 22.9. The Morgan fingerprint density at radius 1 is 0.951 bits per heavy atom. The number of carbonyl (C=O) groups excluding carboxylic acids is 3. The number of rotatable bonds is 18. The first kappa shape index (κ1) is 59.7. The summed E-state index contributed by atoms with van der Waals surface area (Å²) in [6.07, 6.45) is -4.87. The molecule has 0 bridgehead atoms. The van der Waals surface area contributed by atoms with Crippen molar-refractivity contribution in [1.82, 2.24) is 35.1 Å². The fourth-order valence-corrected chi connectivity index (χ4v) is 14.7. The van der Waals surface area contributed by atoms with Crippen LogP contribution in [0.5, 0.6) is 11.5 Å². The lowest BCUT2D eigenvalue weighted by Gasteiger charge is -2.38. The zero-order valence-electron chi connectivity index (χ0n) is 45.0. The number of aliphatic hydroxyl groups excluding tert-OH is 1. The molecule has 436 valence electrons. The minimum Gasteiger partial charge on any atom is -0.456 e. The van der Waals surface area contributed by atoms with Gasteiger partial charge in [0.2, 0.25) is 11.9 Å². The lowest BCUT2D eigenvalue weighted by molar-refractivity contribution is -0.121. The molecule has 1 saturated heterocycles. The van der Waals surface area contributed by atoms with Crippen LogP contribution >= 0.6 is 22.4 Å². The van der Waals surface area contributed by atoms with E-state index >= 15 is 0 Å². The summed E-state index contributed by atoms with van der Waals surface area (Å²) in [7, 11) is -9.62. The Balaban J connectivity index is 0.837. The topological polar surface area (TPSA) is 383 Å². The number of nitrogens with two attached hydrogens (primary N) is 1. The number of hydrogen-bond acceptors (Lipinski definition) is 19. The lowest BCUT2D eigenvalue weighted by atomic mass is 9.79. The Bertz CT molecular complexity index is 3690. The Morgan fingerprint density at radius 2 is 1.67 bits per heavy atom. The van der Waals surface area contributed by atoms with Crippen LogP contribution in [0.15, 0.2) is 64.6 Å². The standard InChI is InChI=1S/C50H63N10O17P3S/c1-25-21-49(3,4)57-33-19-35-31(17-29(25)33)39(32-18-30-26(2)22-50(5,6)58-34(30)20-36(32)73-35)27-11-8-9-12-28(27)45(64)59(7)16-10-13-38(61)52-14-15-53-48(65)75-42-41(62)37(23-72-78(66,67)76-79(68,69)77-80(70,71)81)74-46(42)60-24-54-40-43(60)55-47(51)56-44(40)63/h8-9,11-12,17-20,24-26,37,41-42,46,57,62H,10,13-16,21-23H2,1-7H3,(H,52,61)(H,53,65)(H,66,67)(H,68,69)(H2,70,71,81)(H3,51,55,56,63)/t25?,26?,37-,41-,42-,46-/m1/s1. The van der Waals surface area contributed by atoms with Gasteiger partial charge in [0.15, 0.2) is 23.5 Å². The molecular formula is C50H63N10O17P3S. The summed E-state index contributed by atoms with van der Waals surface area (Å²) in [5, 5.41) is 21.9. The molecule has 6 heterocycles. The second kappa shape index (κ2) is 22.7. The van der Waals surface area contributed by atoms with Crippen molar-refractivity contribution < 1.29 is 75.5 Å². The van der Waals surface area contributed by atoms with Crippen molar-refractivity contribution in [3.05, 3.63) is 104 Å². The maximum atomic E-state index is 14.6. The maximum absolute atomic E-state index is 14.6. The predicted molar refractivity (Wildman–Crippen MR) is 296 cm³/mol. The number of ether oxygens (including phenoxy) is 3. The Morgan fingerprint density at radius 3 is 2.41 bits per heavy atom. The van der Waals surface area contributed by atoms with Gasteiger partial charge in [-0.1, -0.05) is 32.0 Å². The number of aliphatic hydroxyl groups is 1. The maximum Gasteiger partial charge on any atom is 0.488 e. The third-order valence-electron chi connectivity index (χ3n) is 14.1. The SMILES string of the molecule is CC1CC(C)(C)Nc2cc3c(cc21)C(c1ccccc1C(=O)N(C)CCCC(=O)NCCNC(=O)O[C@@H]1[C@H](O)[C@@H](COP(=O)(O)OP(=O)(O)OP(O)(O)=S)O[C@H]1n1cnc2c(=O)[nH]c(N)nc21)=c1cc2c(cc1O3)=NC(C)(C)CC2C. The number of imidazole rings is 1. The molecule has 3 aromatic carbocycles. The molecule has 9 rings (SSSR count). The van der Waals surface area contributed by atoms with Crippen molar-refractivity contribution in [3.63, 3.8) is 0 Å². The van der Waals surface area contributed by atoms with Gasteiger partial charge < -0.3 is 65.5 Å². The molecule has 8 atom stereocenters. The van der Waals surface area contributed by atoms with Crippen LogP contribution < -0.4 is 42.6 Å². The fourth-order valence-electron chi connectivity index (χ4n) is 10.9. The zero-order chi connectivity index (χ0) is 58.7. The van der Waals surface area contributed by atoms with Crippen molar-refractivity contribution in [1.29, 1.82) is 0 Å². The van der Waals surface area contributed by atoms with E-state index in [4.69, 9.17) is 29.5 Å². The molecule has 2 aromatic heterocycles. The summed E-state index contributed by atoms with van der Waals surface area (Å²) in [4.78, 5) is 109. The number of hydrogen-bond donors (Lipinski definition) is 10. The van der Waals surface area contributed by atoms with Crippen LogP contribution in [0.3, 0.4) is 0 Å². The summed E-state index contributed by atoms with van der Waals surface area (Å²) in [5.74, 6) is 0.805. The van der Waals surface area contributed by atoms with E-state index in [1.165, 1.54) is 0 Å². The molecule has 5 aromatic rings. The van der Waals surface area contributed by atoms with Crippen molar-refractivity contribution >= 4 is 80.5 Å². The third-order valence-corrected chi connectivity index (χ3v) is 18.5. The van der Waals surface area contributed by atoms with Gasteiger partial charge in [-0.2, -0.15) is 9.29 Å². The van der Waals surface area contributed by atoms with E-state index in [-0.39, 0.29) is 84.3 Å². The smallest absolute Gasteiger partial charge is 0.456 e. The number of amides is 3. The first-order valence-electron chi connectivity index (χ1n) is 25.7. The third kappa shape index (κ3) is 13.4. The van der Waals surface area contributed by atoms with E-state index in [1.54, 1.807) is 11.9 Å². The van der Waals surface area contributed by atoms with Gasteiger partial charge >= 0.3 is 28.5 Å². The largest absolute Gasteiger partial charge is 0.488 e. The van der Waals surface area contributed by atoms with Gasteiger partial charge in [0.05, 0.1) is 23.8 Å². The highest BCUT2D eigenvalue weighted by atomic mass is 32.5. The minimum absolute atomic E-state index is 0.0170. The second-order valence-electron chi connectivity index (χ2n) is 21.7. The summed E-state index contributed by atoms with van der Waals surface area (Å²) in [6.45, 7) is 7.05. The Kier molecular flexibility index (Phi) is 16.7. The van der Waals surface area contributed by atoms with Crippen LogP contribution in [-0.4, -0.2) is 130 Å². The molecule has 0 radical (unpaired) electrons. The average molecular weight is 1200 g/mol. The molecule has 0 saturated carbocycles. The average Bonchev–Trinajstić information content (AvgIpc) is 4.05. The quantitative estimate of drug-likeness (QED) is 0.0427. The van der Waals surface area contributed by atoms with E-state index in [0.717, 1.165) is 67.8 Å². The molecule has 4 unspecified atom stereocenters. The zero-order valence-corrected chi connectivity index (χ0v) is 48.5. The number of phosphoric acid groups is 2. The van der Waals surface area contributed by atoms with Crippen LogP contribution in [-0.2, 0) is 48.4 Å². The number of nitrogens with one attached hydrogen (secondary N) is 4. The molecule has 27 nitrogen and oxygen atoms in total. The first-order chi connectivity index (χ1) is 37.9. The molecule has 11 N–H and O–H groups in total. The van der Waals surface area contributed by atoms with Crippen molar-refractivity contribution in [2.45, 2.75) is 115 Å². The van der Waals surface area contributed by atoms with Crippen molar-refractivity contribution in [3.8, 4) is 11.5 Å². The van der Waals surface area contributed by atoms with Gasteiger partial charge in [0, 0.05) is 78.4 Å². The summed E-state index contributed by atoms with van der Waals surface area (Å²) >= 11 is 4.09. The monoisotopic (exact) mass is 1200 g/mol. The van der Waals surface area contributed by atoms with Gasteiger partial charge in [-0.05, 0) is 105 Å². The Labute approximate surface area is 468 Å². The van der Waals surface area contributed by atoms with Crippen LogP contribution in [0.2, 0.25) is 0 Å². The van der Waals surface area contributed by atoms with Gasteiger partial charge in [0.1, 0.15) is 23.7 Å². The summed E-state index contributed by atoms with van der Waals surface area (Å²) < 4.78 is 56.4. The molecule has 81 heavy (non-hydrogen) atoms. The predicted octanol–water partition coefficient (Wildman–Crippen LogP) is 4.14. The number of nitrogens with zero attached hydrogens (tertiary/aromatic N) is 5. The molecule has 4 aliphatic heterocycles. The highest BCUT2D eigenvalue weighted by molar-refractivity contribution is 8.08. The lowest BCUT2D eigenvalue weighted by Crippen LogP contribution is -2.41. The number of phosphoric ester groups is 1. The van der Waals surface area contributed by atoms with E-state index < -0.39 is 65.2 Å². The van der Waals surface area contributed by atoms with Crippen LogP contribution in [0.1, 0.15) is 118 Å². The first-order valence-corrected chi connectivity index (χ1v) is 31.3. The molecule has 1 fully saturated rings. The van der Waals surface area contributed by atoms with Gasteiger partial charge in [-0.15, -0.1) is 0 Å². The number of benzene rings is 3. The van der Waals surface area contributed by atoms with E-state index in [9.17, 15) is 53.0 Å². The molecule has 4 aliphatic rings. The van der Waals surface area contributed by atoms with Gasteiger partial charge in [0.25, 0.3) is 11.5 Å². The summed E-state index contributed by atoms with van der Waals surface area (Å²) in [5.41, 5.74) is 10.4. The number of fused-ring (bicyclic) bond motifs is 5. The number of aromatic nitrogens is 4.